The molecule has 1 saturated heterocycles. The van der Waals surface area contributed by atoms with Gasteiger partial charge < -0.3 is 10.2 Å². The van der Waals surface area contributed by atoms with Crippen molar-refractivity contribution < 1.29 is 13.2 Å². The summed E-state index contributed by atoms with van der Waals surface area (Å²) in [6, 6.07) is 6.64. The molecule has 1 atom stereocenters. The molecule has 1 aliphatic heterocycles. The van der Waals surface area contributed by atoms with Crippen molar-refractivity contribution in [3.05, 3.63) is 24.3 Å². The van der Waals surface area contributed by atoms with Crippen molar-refractivity contribution in [2.24, 2.45) is 0 Å². The van der Waals surface area contributed by atoms with Crippen LogP contribution in [0.1, 0.15) is 6.42 Å². The van der Waals surface area contributed by atoms with Crippen molar-refractivity contribution in [1.82, 2.24) is 4.90 Å². The Balaban J connectivity index is 2.09. The molecule has 1 fully saturated rings. The number of likely N-dealkylation sites (tertiary alicyclic amines) is 1. The van der Waals surface area contributed by atoms with Crippen molar-refractivity contribution in [2.75, 3.05) is 29.9 Å². The Morgan fingerprint density at radius 3 is 2.58 bits per heavy atom. The van der Waals surface area contributed by atoms with Gasteiger partial charge in [0.05, 0.1) is 11.9 Å². The van der Waals surface area contributed by atoms with E-state index in [1.807, 2.05) is 0 Å². The lowest BCUT2D eigenvalue weighted by atomic mass is 10.2. The number of nitrogens with one attached hydrogen (secondary N) is 2. The second-order valence-electron chi connectivity index (χ2n) is 4.70. The third-order valence-corrected chi connectivity index (χ3v) is 3.54. The highest BCUT2D eigenvalue weighted by Gasteiger charge is 2.28. The minimum Gasteiger partial charge on any atom is -0.374 e. The van der Waals surface area contributed by atoms with Crippen LogP contribution in [0.25, 0.3) is 0 Å². The second-order valence-corrected chi connectivity index (χ2v) is 6.45. The van der Waals surface area contributed by atoms with E-state index < -0.39 is 10.0 Å². The first kappa shape index (κ1) is 13.7. The normalized spacial score (nSPS) is 19.6. The Kier molecular flexibility index (Phi) is 3.66. The van der Waals surface area contributed by atoms with Gasteiger partial charge in [-0.25, -0.2) is 8.42 Å². The summed E-state index contributed by atoms with van der Waals surface area (Å²) in [4.78, 5) is 13.5. The largest absolute Gasteiger partial charge is 0.374 e. The second kappa shape index (κ2) is 5.08. The lowest BCUT2D eigenvalue weighted by Gasteiger charge is -2.14. The molecule has 1 aromatic carbocycles. The first-order chi connectivity index (χ1) is 8.85. The molecule has 1 aliphatic rings. The highest BCUT2D eigenvalue weighted by molar-refractivity contribution is 7.92. The molecule has 7 heteroatoms. The summed E-state index contributed by atoms with van der Waals surface area (Å²) in [7, 11) is -1.52. The lowest BCUT2D eigenvalue weighted by Crippen LogP contribution is -2.30. The predicted molar refractivity (Wildman–Crippen MR) is 74.6 cm³/mol. The monoisotopic (exact) mass is 283 g/mol. The van der Waals surface area contributed by atoms with Crippen LogP contribution in [0.2, 0.25) is 0 Å². The van der Waals surface area contributed by atoms with E-state index in [0.29, 0.717) is 5.69 Å². The minimum absolute atomic E-state index is 0.0569. The summed E-state index contributed by atoms with van der Waals surface area (Å²) >= 11 is 0. The number of rotatable bonds is 4. The Morgan fingerprint density at radius 2 is 2.00 bits per heavy atom. The number of carbonyl (C=O) groups excluding carboxylic acids is 1. The van der Waals surface area contributed by atoms with E-state index in [0.717, 1.165) is 24.9 Å². The van der Waals surface area contributed by atoms with Gasteiger partial charge in [-0.15, -0.1) is 0 Å². The van der Waals surface area contributed by atoms with Crippen molar-refractivity contribution in [2.45, 2.75) is 12.5 Å². The van der Waals surface area contributed by atoms with Gasteiger partial charge >= 0.3 is 0 Å². The van der Waals surface area contributed by atoms with Gasteiger partial charge in [0.1, 0.15) is 6.04 Å². The number of likely N-dealkylation sites (N-methyl/N-ethyl adjacent to an activating group) is 1. The Labute approximate surface area is 112 Å². The maximum absolute atomic E-state index is 11.8. The summed E-state index contributed by atoms with van der Waals surface area (Å²) in [5, 5.41) is 3.12. The molecular formula is C12H17N3O3S. The van der Waals surface area contributed by atoms with Crippen LogP contribution in [-0.2, 0) is 14.8 Å². The van der Waals surface area contributed by atoms with Gasteiger partial charge in [-0.2, -0.15) is 0 Å². The van der Waals surface area contributed by atoms with Crippen LogP contribution in [0.15, 0.2) is 24.3 Å². The zero-order chi connectivity index (χ0) is 14.0. The Hall–Kier alpha value is -1.76. The van der Waals surface area contributed by atoms with Gasteiger partial charge in [-0.3, -0.25) is 9.52 Å². The van der Waals surface area contributed by atoms with Crippen LogP contribution >= 0.6 is 0 Å². The van der Waals surface area contributed by atoms with E-state index >= 15 is 0 Å². The van der Waals surface area contributed by atoms with Gasteiger partial charge in [-0.1, -0.05) is 6.07 Å². The molecule has 0 spiro atoms. The quantitative estimate of drug-likeness (QED) is 0.852. The fraction of sp³-hybridized carbons (Fsp3) is 0.417. The van der Waals surface area contributed by atoms with Crippen LogP contribution in [0.4, 0.5) is 11.4 Å². The average molecular weight is 283 g/mol. The number of amides is 1. The van der Waals surface area contributed by atoms with Gasteiger partial charge in [0.2, 0.25) is 15.9 Å². The third-order valence-electron chi connectivity index (χ3n) is 2.93. The fourth-order valence-electron chi connectivity index (χ4n) is 2.04. The molecule has 1 aromatic rings. The van der Waals surface area contributed by atoms with E-state index in [-0.39, 0.29) is 11.9 Å². The average Bonchev–Trinajstić information content (AvgIpc) is 2.59. The Bertz CT molecular complexity index is 586. The molecule has 2 N–H and O–H groups in total. The third kappa shape index (κ3) is 3.60. The molecule has 2 rings (SSSR count). The van der Waals surface area contributed by atoms with Crippen molar-refractivity contribution in [3.63, 3.8) is 0 Å². The number of hydrogen-bond acceptors (Lipinski definition) is 4. The highest BCUT2D eigenvalue weighted by Crippen LogP contribution is 2.20. The molecule has 0 radical (unpaired) electrons. The number of carbonyl (C=O) groups is 1. The molecule has 104 valence electrons. The molecule has 19 heavy (non-hydrogen) atoms. The highest BCUT2D eigenvalue weighted by atomic mass is 32.2. The van der Waals surface area contributed by atoms with Gasteiger partial charge in [0.25, 0.3) is 0 Å². The number of hydrogen-bond donors (Lipinski definition) is 2. The predicted octanol–water partition coefficient (Wildman–Crippen LogP) is 0.701. The standard InChI is InChI=1S/C12H17N3O3S/c1-15-7-6-11(12(15)16)13-9-4-3-5-10(8-9)14-19(2,17)18/h3-5,8,11,13-14H,6-7H2,1-2H3. The van der Waals surface area contributed by atoms with E-state index in [2.05, 4.69) is 10.0 Å². The minimum atomic E-state index is -3.29. The SMILES string of the molecule is CN1CCC(Nc2cccc(NS(C)(=O)=O)c2)C1=O. The number of sulfonamides is 1. The summed E-state index contributed by atoms with van der Waals surface area (Å²) in [6.07, 6.45) is 1.85. The van der Waals surface area contributed by atoms with E-state index in [1.54, 1.807) is 36.2 Å². The lowest BCUT2D eigenvalue weighted by molar-refractivity contribution is -0.127. The summed E-state index contributed by atoms with van der Waals surface area (Å²) in [6.45, 7) is 0.734. The number of nitrogens with zero attached hydrogens (tertiary/aromatic N) is 1. The number of benzene rings is 1. The molecule has 1 unspecified atom stereocenters. The molecule has 0 aliphatic carbocycles. The first-order valence-electron chi connectivity index (χ1n) is 5.94. The molecule has 1 heterocycles. The zero-order valence-electron chi connectivity index (χ0n) is 10.9. The number of anilines is 2. The van der Waals surface area contributed by atoms with Crippen LogP contribution < -0.4 is 10.0 Å². The van der Waals surface area contributed by atoms with Crippen LogP contribution in [0.3, 0.4) is 0 Å². The smallest absolute Gasteiger partial charge is 0.244 e. The van der Waals surface area contributed by atoms with Gasteiger partial charge in [-0.05, 0) is 24.6 Å². The molecular weight excluding hydrogens is 266 g/mol. The maximum Gasteiger partial charge on any atom is 0.244 e. The molecule has 6 nitrogen and oxygen atoms in total. The zero-order valence-corrected chi connectivity index (χ0v) is 11.7. The summed E-state index contributed by atoms with van der Waals surface area (Å²) < 4.78 is 24.7. The molecule has 0 bridgehead atoms. The summed E-state index contributed by atoms with van der Waals surface area (Å²) in [5.41, 5.74) is 1.20. The topological polar surface area (TPSA) is 78.5 Å². The van der Waals surface area contributed by atoms with Gasteiger partial charge in [0.15, 0.2) is 0 Å². The van der Waals surface area contributed by atoms with Crippen LogP contribution in [0.5, 0.6) is 0 Å². The van der Waals surface area contributed by atoms with E-state index in [4.69, 9.17) is 0 Å². The van der Waals surface area contributed by atoms with Gasteiger partial charge in [0, 0.05) is 19.3 Å². The van der Waals surface area contributed by atoms with Crippen molar-refractivity contribution in [3.8, 4) is 0 Å². The maximum atomic E-state index is 11.8. The molecule has 0 aromatic heterocycles. The van der Waals surface area contributed by atoms with E-state index in [9.17, 15) is 13.2 Å². The Morgan fingerprint density at radius 1 is 1.32 bits per heavy atom. The molecule has 1 amide bonds. The van der Waals surface area contributed by atoms with Crippen LogP contribution in [-0.4, -0.2) is 45.1 Å². The molecule has 0 saturated carbocycles. The van der Waals surface area contributed by atoms with Crippen LogP contribution in [0, 0.1) is 0 Å². The van der Waals surface area contributed by atoms with Crippen molar-refractivity contribution in [1.29, 1.82) is 0 Å². The first-order valence-corrected chi connectivity index (χ1v) is 7.84. The van der Waals surface area contributed by atoms with E-state index in [1.165, 1.54) is 0 Å². The van der Waals surface area contributed by atoms with Crippen molar-refractivity contribution >= 4 is 27.3 Å². The fourth-order valence-corrected chi connectivity index (χ4v) is 2.60. The summed E-state index contributed by atoms with van der Waals surface area (Å²) in [5.74, 6) is 0.0569.